The number of aromatic hydroxyl groups is 2. The lowest BCUT2D eigenvalue weighted by Gasteiger charge is -2.12. The molecule has 2 amide bonds. The normalized spacial score (nSPS) is 12.3. The molecule has 0 aliphatic heterocycles. The number of para-hydroxylation sites is 2. The number of anilines is 1. The number of nitrogens with zero attached hydrogens (tertiary/aromatic N) is 10. The van der Waals surface area contributed by atoms with Crippen LogP contribution in [-0.4, -0.2) is 85.3 Å². The number of fused-ring (bicyclic) bond motifs is 5. The number of aliphatic carboxylic acids is 1. The number of azo groups is 3. The number of carboxylic acid groups (broad SMARTS) is 2. The second-order valence-corrected chi connectivity index (χ2v) is 18.2. The first kappa shape index (κ1) is 46.6. The van der Waals surface area contributed by atoms with E-state index in [1.807, 2.05) is 0 Å². The summed E-state index contributed by atoms with van der Waals surface area (Å²) in [5, 5.41) is 79.2. The monoisotopic (exact) mass is 992 g/mol. The topological polar surface area (TPSA) is 393 Å². The maximum absolute atomic E-state index is 12.9. The molecule has 8 rings (SSSR count). The zero-order valence-corrected chi connectivity index (χ0v) is 37.1. The van der Waals surface area contributed by atoms with Gasteiger partial charge in [-0.25, -0.2) is 19.6 Å². The summed E-state index contributed by atoms with van der Waals surface area (Å²) in [7, 11) is -10.6. The third-order valence-corrected chi connectivity index (χ3v) is 12.6. The van der Waals surface area contributed by atoms with Gasteiger partial charge in [-0.05, 0) is 79.0 Å². The number of pyridine rings is 1. The Morgan fingerprint density at radius 2 is 1.52 bits per heavy atom. The smallest absolute Gasteiger partial charge is 0.335 e. The number of rotatable bonds is 13. The quantitative estimate of drug-likeness (QED) is 0.0395. The SMILES string of the molecule is Cc1c(N=Nc2ccc3c(O)c(N=Nc4cc(NC(=O)NCCC(=O)O)c(N=Nc5nc6ccc(C(=O)O)cc6s5)cc4S(=O)(=O)O)c(S(=O)(=O)O)cc3c2)c(O)n2c(nc3ccccc32)c1C#N. The van der Waals surface area contributed by atoms with Crippen LogP contribution in [-0.2, 0) is 25.0 Å². The van der Waals surface area contributed by atoms with E-state index in [0.29, 0.717) is 27.3 Å². The van der Waals surface area contributed by atoms with Gasteiger partial charge in [0.2, 0.25) is 11.0 Å². The second-order valence-electron chi connectivity index (χ2n) is 14.4. The Labute approximate surface area is 389 Å². The molecule has 0 spiro atoms. The number of carbonyl (C=O) groups excluding carboxylic acids is 1. The predicted molar refractivity (Wildman–Crippen MR) is 244 cm³/mol. The maximum atomic E-state index is 12.9. The Morgan fingerprint density at radius 1 is 0.797 bits per heavy atom. The number of nitrogens with one attached hydrogen (secondary N) is 2. The third kappa shape index (κ3) is 9.42. The predicted octanol–water partition coefficient (Wildman–Crippen LogP) is 8.88. The van der Waals surface area contributed by atoms with Crippen LogP contribution in [0.15, 0.2) is 119 Å². The fourth-order valence-electron chi connectivity index (χ4n) is 6.79. The highest BCUT2D eigenvalue weighted by Crippen LogP contribution is 2.45. The molecular weight excluding hydrogens is 965 g/mol. The summed E-state index contributed by atoms with van der Waals surface area (Å²) in [6.45, 7) is 1.16. The number of hydrogen-bond acceptors (Lipinski definition) is 19. The molecular formula is C41H28N12O13S3. The summed E-state index contributed by atoms with van der Waals surface area (Å²) in [6.07, 6.45) is -0.491. The molecule has 69 heavy (non-hydrogen) atoms. The molecule has 8 aromatic rings. The van der Waals surface area contributed by atoms with E-state index in [0.717, 1.165) is 23.5 Å². The van der Waals surface area contributed by atoms with Crippen molar-refractivity contribution in [1.82, 2.24) is 19.7 Å². The summed E-state index contributed by atoms with van der Waals surface area (Å²) in [5.41, 5.74) is -0.842. The van der Waals surface area contributed by atoms with Crippen molar-refractivity contribution in [1.29, 1.82) is 5.26 Å². The number of benzene rings is 5. The molecule has 0 aliphatic carbocycles. The Bertz CT molecular complexity index is 3900. The number of aromatic carboxylic acids is 1. The van der Waals surface area contributed by atoms with Crippen LogP contribution < -0.4 is 10.6 Å². The van der Waals surface area contributed by atoms with Gasteiger partial charge >= 0.3 is 18.0 Å². The van der Waals surface area contributed by atoms with Crippen LogP contribution in [0.25, 0.3) is 37.7 Å². The molecule has 0 saturated heterocycles. The highest BCUT2D eigenvalue weighted by atomic mass is 32.2. The van der Waals surface area contributed by atoms with Crippen molar-refractivity contribution in [3.63, 3.8) is 0 Å². The van der Waals surface area contributed by atoms with Crippen molar-refractivity contribution in [2.45, 2.75) is 23.1 Å². The Balaban J connectivity index is 1.19. The number of phenolic OH excluding ortho intramolecular Hbond substituents is 1. The van der Waals surface area contributed by atoms with E-state index < -0.39 is 82.9 Å². The number of hydrogen-bond donors (Lipinski definition) is 8. The van der Waals surface area contributed by atoms with Gasteiger partial charge in [0.05, 0.1) is 44.6 Å². The van der Waals surface area contributed by atoms with Gasteiger partial charge in [-0.15, -0.1) is 25.6 Å². The molecule has 3 aromatic heterocycles. The molecule has 348 valence electrons. The first-order chi connectivity index (χ1) is 32.7. The average molecular weight is 993 g/mol. The van der Waals surface area contributed by atoms with Crippen LogP contribution >= 0.6 is 11.3 Å². The van der Waals surface area contributed by atoms with E-state index in [4.69, 9.17) is 5.11 Å². The Morgan fingerprint density at radius 3 is 2.23 bits per heavy atom. The van der Waals surface area contributed by atoms with E-state index >= 15 is 0 Å². The summed E-state index contributed by atoms with van der Waals surface area (Å²) >= 11 is 0.895. The summed E-state index contributed by atoms with van der Waals surface area (Å²) in [6, 6.07) is 18.1. The van der Waals surface area contributed by atoms with Gasteiger partial charge in [0.15, 0.2) is 17.1 Å². The molecule has 0 saturated carbocycles. The van der Waals surface area contributed by atoms with E-state index in [9.17, 15) is 60.9 Å². The number of imidazole rings is 1. The molecule has 0 unspecified atom stereocenters. The molecule has 25 nitrogen and oxygen atoms in total. The largest absolute Gasteiger partial charge is 0.505 e. The van der Waals surface area contributed by atoms with Gasteiger partial charge in [-0.2, -0.15) is 27.2 Å². The summed E-state index contributed by atoms with van der Waals surface area (Å²) in [4.78, 5) is 41.9. The number of urea groups is 1. The fraction of sp³-hybridized carbons (Fsp3) is 0.0732. The van der Waals surface area contributed by atoms with E-state index in [-0.39, 0.29) is 62.0 Å². The first-order valence-corrected chi connectivity index (χ1v) is 23.0. The van der Waals surface area contributed by atoms with Crippen molar-refractivity contribution in [2.24, 2.45) is 30.7 Å². The van der Waals surface area contributed by atoms with Crippen LogP contribution in [0.1, 0.15) is 27.9 Å². The van der Waals surface area contributed by atoms with Crippen LogP contribution in [0.2, 0.25) is 0 Å². The number of thiazole rings is 1. The zero-order chi connectivity index (χ0) is 49.5. The van der Waals surface area contributed by atoms with Crippen LogP contribution in [0.4, 0.5) is 44.1 Å². The molecule has 0 atom stereocenters. The zero-order valence-electron chi connectivity index (χ0n) is 34.7. The van der Waals surface area contributed by atoms with Crippen molar-refractivity contribution < 1.29 is 60.8 Å². The molecule has 0 aliphatic rings. The van der Waals surface area contributed by atoms with E-state index in [2.05, 4.69) is 57.4 Å². The van der Waals surface area contributed by atoms with Crippen molar-refractivity contribution >= 4 is 126 Å². The van der Waals surface area contributed by atoms with Gasteiger partial charge in [0, 0.05) is 17.5 Å². The highest BCUT2D eigenvalue weighted by Gasteiger charge is 2.26. The number of aromatic nitrogens is 3. The number of carbonyl (C=O) groups is 3. The minimum absolute atomic E-state index is 0.0305. The van der Waals surface area contributed by atoms with Crippen LogP contribution in [0.3, 0.4) is 0 Å². The molecule has 5 aromatic carbocycles. The van der Waals surface area contributed by atoms with Gasteiger partial charge in [-0.1, -0.05) is 23.5 Å². The van der Waals surface area contributed by atoms with Crippen LogP contribution in [0.5, 0.6) is 11.6 Å². The molecule has 8 N–H and O–H groups in total. The minimum atomic E-state index is -5.29. The lowest BCUT2D eigenvalue weighted by Crippen LogP contribution is -2.30. The van der Waals surface area contributed by atoms with Gasteiger partial charge in [-0.3, -0.25) is 18.3 Å². The molecule has 0 bridgehead atoms. The first-order valence-electron chi connectivity index (χ1n) is 19.3. The second kappa shape index (κ2) is 18.1. The van der Waals surface area contributed by atoms with Crippen molar-refractivity contribution in [3.05, 3.63) is 95.6 Å². The number of carboxylic acids is 2. The molecule has 0 fully saturated rings. The van der Waals surface area contributed by atoms with Gasteiger partial charge in [0.25, 0.3) is 20.2 Å². The van der Waals surface area contributed by atoms with Gasteiger partial charge < -0.3 is 31.1 Å². The van der Waals surface area contributed by atoms with E-state index in [1.165, 1.54) is 47.7 Å². The fourth-order valence-corrected chi connectivity index (χ4v) is 8.90. The molecule has 0 radical (unpaired) electrons. The summed E-state index contributed by atoms with van der Waals surface area (Å²) in [5.74, 6) is -3.74. The summed E-state index contributed by atoms with van der Waals surface area (Å²) < 4.78 is 73.5. The average Bonchev–Trinajstić information content (AvgIpc) is 3.88. The maximum Gasteiger partial charge on any atom is 0.335 e. The van der Waals surface area contributed by atoms with E-state index in [1.54, 1.807) is 24.3 Å². The molecule has 28 heteroatoms. The molecule has 3 heterocycles. The Kier molecular flexibility index (Phi) is 12.2. The minimum Gasteiger partial charge on any atom is -0.505 e. The Hall–Kier alpha value is -8.88. The number of phenols is 1. The third-order valence-electron chi connectivity index (χ3n) is 9.98. The number of amides is 2. The number of nitriles is 1. The standard InChI is InChI=1S/C41H28N12O13S3/c1-18-23(17-42)37-44-24-4-2-3-5-29(24)53(37)38(57)34(18)50-47-21-7-8-22-20(12-21)14-32(69(64,65)66)35(36(22)56)51-49-28-15-26(45-40(60)43-11-10-33(54)55)27(16-31(28)68(61,62)63)48-52-41-46-25-9-6-19(39(58)59)13-30(25)67-41/h2-9,12-16,56-57H,10-11H2,1H3,(H,54,55)(H,58,59)(H2,43,45,60)(H,61,62,63)(H,64,65,66). The lowest BCUT2D eigenvalue weighted by atomic mass is 10.1. The van der Waals surface area contributed by atoms with Gasteiger partial charge in [0.1, 0.15) is 38.5 Å². The lowest BCUT2D eigenvalue weighted by molar-refractivity contribution is -0.136. The van der Waals surface area contributed by atoms with Crippen molar-refractivity contribution in [2.75, 3.05) is 11.9 Å². The van der Waals surface area contributed by atoms with Crippen LogP contribution in [0, 0.1) is 18.3 Å². The highest BCUT2D eigenvalue weighted by molar-refractivity contribution is 7.86. The van der Waals surface area contributed by atoms with Crippen molar-refractivity contribution in [3.8, 4) is 17.7 Å².